The van der Waals surface area contributed by atoms with Crippen LogP contribution in [-0.2, 0) is 16.0 Å². The minimum absolute atomic E-state index is 0.0148. The first-order chi connectivity index (χ1) is 9.16. The molecule has 1 aromatic rings. The molecule has 102 valence electrons. The Morgan fingerprint density at radius 3 is 2.95 bits per heavy atom. The highest BCUT2D eigenvalue weighted by Gasteiger charge is 2.22. The number of carbonyl (C=O) groups excluding carboxylic acids is 2. The number of fused-ring (bicyclic) bond motifs is 1. The van der Waals surface area contributed by atoms with Crippen LogP contribution in [0.15, 0.2) is 24.3 Å². The van der Waals surface area contributed by atoms with Crippen LogP contribution in [0.5, 0.6) is 0 Å². The minimum atomic E-state index is -0.334. The fraction of sp³-hybridized carbons (Fsp3) is 0.429. The van der Waals surface area contributed by atoms with Crippen molar-refractivity contribution >= 4 is 17.5 Å². The third-order valence-corrected chi connectivity index (χ3v) is 3.27. The molecule has 5 nitrogen and oxygen atoms in total. The maximum atomic E-state index is 12.0. The monoisotopic (exact) mass is 261 g/mol. The molecule has 1 aliphatic rings. The van der Waals surface area contributed by atoms with Gasteiger partial charge >= 0.3 is 0 Å². The summed E-state index contributed by atoms with van der Waals surface area (Å²) in [7, 11) is 0. The molecule has 0 spiro atoms. The van der Waals surface area contributed by atoms with Crippen molar-refractivity contribution in [3.8, 4) is 0 Å². The second kappa shape index (κ2) is 6.22. The average molecular weight is 261 g/mol. The summed E-state index contributed by atoms with van der Waals surface area (Å²) >= 11 is 0. The first-order valence-corrected chi connectivity index (χ1v) is 6.57. The van der Waals surface area contributed by atoms with Crippen molar-refractivity contribution in [2.45, 2.75) is 31.7 Å². The van der Waals surface area contributed by atoms with Gasteiger partial charge in [0.1, 0.15) is 6.04 Å². The van der Waals surface area contributed by atoms with Crippen molar-refractivity contribution in [3.05, 3.63) is 29.8 Å². The number of nitrogens with two attached hydrogens (primary N) is 1. The van der Waals surface area contributed by atoms with Crippen LogP contribution in [0.1, 0.15) is 24.8 Å². The standard InChI is InChI=1S/C14H19N3O2/c15-13(18)6-3-9-16-14(19)12-8-7-10-4-1-2-5-11(10)17-12/h1-2,4-5,12,17H,3,6-9H2,(H2,15,18)(H,16,19). The zero-order valence-corrected chi connectivity index (χ0v) is 10.8. The van der Waals surface area contributed by atoms with Gasteiger partial charge in [0.15, 0.2) is 0 Å². The quantitative estimate of drug-likeness (QED) is 0.685. The van der Waals surface area contributed by atoms with Gasteiger partial charge in [-0.1, -0.05) is 18.2 Å². The van der Waals surface area contributed by atoms with E-state index < -0.39 is 0 Å². The van der Waals surface area contributed by atoms with E-state index in [0.29, 0.717) is 19.4 Å². The summed E-state index contributed by atoms with van der Waals surface area (Å²) in [6.45, 7) is 0.488. The van der Waals surface area contributed by atoms with E-state index in [1.54, 1.807) is 0 Å². The molecule has 1 aliphatic heterocycles. The first-order valence-electron chi connectivity index (χ1n) is 6.57. The summed E-state index contributed by atoms with van der Waals surface area (Å²) in [4.78, 5) is 22.5. The molecule has 0 aliphatic carbocycles. The number of hydrogen-bond donors (Lipinski definition) is 3. The van der Waals surface area contributed by atoms with Crippen molar-refractivity contribution in [1.29, 1.82) is 0 Å². The number of para-hydroxylation sites is 1. The van der Waals surface area contributed by atoms with E-state index in [1.807, 2.05) is 18.2 Å². The number of hydrogen-bond acceptors (Lipinski definition) is 3. The average Bonchev–Trinajstić information content (AvgIpc) is 2.42. The molecule has 4 N–H and O–H groups in total. The van der Waals surface area contributed by atoms with Gasteiger partial charge in [0.05, 0.1) is 0 Å². The van der Waals surface area contributed by atoms with Gasteiger partial charge < -0.3 is 16.4 Å². The molecule has 1 unspecified atom stereocenters. The van der Waals surface area contributed by atoms with Crippen molar-refractivity contribution in [2.24, 2.45) is 5.73 Å². The summed E-state index contributed by atoms with van der Waals surface area (Å²) in [5.41, 5.74) is 7.32. The lowest BCUT2D eigenvalue weighted by molar-refractivity contribution is -0.122. The lowest BCUT2D eigenvalue weighted by atomic mass is 9.98. The van der Waals surface area contributed by atoms with E-state index >= 15 is 0 Å². The van der Waals surface area contributed by atoms with Crippen LogP contribution in [0.25, 0.3) is 0 Å². The maximum absolute atomic E-state index is 12.0. The molecule has 19 heavy (non-hydrogen) atoms. The number of rotatable bonds is 5. The Labute approximate surface area is 112 Å². The zero-order chi connectivity index (χ0) is 13.7. The molecular formula is C14H19N3O2. The van der Waals surface area contributed by atoms with Crippen LogP contribution in [0.4, 0.5) is 5.69 Å². The number of aryl methyl sites for hydroxylation is 1. The molecule has 5 heteroatoms. The largest absolute Gasteiger partial charge is 0.373 e. The predicted molar refractivity (Wildman–Crippen MR) is 73.6 cm³/mol. The van der Waals surface area contributed by atoms with Crippen molar-refractivity contribution in [2.75, 3.05) is 11.9 Å². The summed E-state index contributed by atoms with van der Waals surface area (Å²) < 4.78 is 0. The van der Waals surface area contributed by atoms with E-state index in [0.717, 1.165) is 18.5 Å². The smallest absolute Gasteiger partial charge is 0.242 e. The summed E-state index contributed by atoms with van der Waals surface area (Å²) in [6, 6.07) is 7.83. The zero-order valence-electron chi connectivity index (χ0n) is 10.8. The maximum Gasteiger partial charge on any atom is 0.242 e. The topological polar surface area (TPSA) is 84.2 Å². The second-order valence-electron chi connectivity index (χ2n) is 4.75. The lowest BCUT2D eigenvalue weighted by Gasteiger charge is -2.26. The Balaban J connectivity index is 1.80. The number of nitrogens with one attached hydrogen (secondary N) is 2. The molecule has 0 saturated carbocycles. The van der Waals surface area contributed by atoms with Crippen molar-refractivity contribution in [3.63, 3.8) is 0 Å². The highest BCUT2D eigenvalue weighted by atomic mass is 16.2. The van der Waals surface area contributed by atoms with Gasteiger partial charge in [0, 0.05) is 18.7 Å². The van der Waals surface area contributed by atoms with E-state index in [4.69, 9.17) is 5.73 Å². The van der Waals surface area contributed by atoms with E-state index in [-0.39, 0.29) is 17.9 Å². The Morgan fingerprint density at radius 2 is 2.16 bits per heavy atom. The van der Waals surface area contributed by atoms with Crippen LogP contribution in [0, 0.1) is 0 Å². The van der Waals surface area contributed by atoms with Crippen molar-refractivity contribution in [1.82, 2.24) is 5.32 Å². The Kier molecular flexibility index (Phi) is 4.39. The van der Waals surface area contributed by atoms with Crippen molar-refractivity contribution < 1.29 is 9.59 Å². The molecule has 0 bridgehead atoms. The van der Waals surface area contributed by atoms with Gasteiger partial charge in [-0.05, 0) is 30.9 Å². The molecule has 0 radical (unpaired) electrons. The number of amides is 2. The molecule has 1 heterocycles. The first kappa shape index (κ1) is 13.4. The molecule has 1 aromatic carbocycles. The third kappa shape index (κ3) is 3.71. The molecule has 0 aromatic heterocycles. The fourth-order valence-electron chi connectivity index (χ4n) is 2.23. The van der Waals surface area contributed by atoms with Crippen LogP contribution in [0.3, 0.4) is 0 Å². The fourth-order valence-corrected chi connectivity index (χ4v) is 2.23. The number of anilines is 1. The number of benzene rings is 1. The van der Waals surface area contributed by atoms with Crippen LogP contribution < -0.4 is 16.4 Å². The van der Waals surface area contributed by atoms with E-state index in [1.165, 1.54) is 5.56 Å². The number of primary amides is 1. The minimum Gasteiger partial charge on any atom is -0.373 e. The van der Waals surface area contributed by atoms with Gasteiger partial charge in [-0.15, -0.1) is 0 Å². The van der Waals surface area contributed by atoms with Gasteiger partial charge in [-0.25, -0.2) is 0 Å². The lowest BCUT2D eigenvalue weighted by Crippen LogP contribution is -2.42. The Hall–Kier alpha value is -2.04. The molecule has 0 fully saturated rings. The molecule has 2 rings (SSSR count). The highest BCUT2D eigenvalue weighted by molar-refractivity contribution is 5.85. The van der Waals surface area contributed by atoms with E-state index in [2.05, 4.69) is 16.7 Å². The van der Waals surface area contributed by atoms with Crippen LogP contribution in [-0.4, -0.2) is 24.4 Å². The summed E-state index contributed by atoms with van der Waals surface area (Å²) in [5, 5.41) is 6.07. The molecular weight excluding hydrogens is 242 g/mol. The van der Waals surface area contributed by atoms with Crippen LogP contribution >= 0.6 is 0 Å². The third-order valence-electron chi connectivity index (χ3n) is 3.27. The molecule has 0 saturated heterocycles. The summed E-state index contributed by atoms with van der Waals surface area (Å²) in [5.74, 6) is -0.349. The van der Waals surface area contributed by atoms with Gasteiger partial charge in [0.25, 0.3) is 0 Å². The Morgan fingerprint density at radius 1 is 1.37 bits per heavy atom. The summed E-state index contributed by atoms with van der Waals surface area (Å²) in [6.07, 6.45) is 2.59. The highest BCUT2D eigenvalue weighted by Crippen LogP contribution is 2.24. The van der Waals surface area contributed by atoms with E-state index in [9.17, 15) is 9.59 Å². The predicted octanol–water partition coefficient (Wildman–Crippen LogP) is 0.795. The van der Waals surface area contributed by atoms with Gasteiger partial charge in [-0.2, -0.15) is 0 Å². The Bertz CT molecular complexity index is 474. The SMILES string of the molecule is NC(=O)CCCNC(=O)C1CCc2ccccc2N1. The van der Waals surface area contributed by atoms with Gasteiger partial charge in [0.2, 0.25) is 11.8 Å². The van der Waals surface area contributed by atoms with Gasteiger partial charge in [-0.3, -0.25) is 9.59 Å². The number of carbonyl (C=O) groups is 2. The molecule has 2 amide bonds. The second-order valence-corrected chi connectivity index (χ2v) is 4.75. The molecule has 1 atom stereocenters. The normalized spacial score (nSPS) is 17.2. The van der Waals surface area contributed by atoms with Crippen LogP contribution in [0.2, 0.25) is 0 Å².